The predicted molar refractivity (Wildman–Crippen MR) is 68.5 cm³/mol. The molecule has 0 N–H and O–H groups in total. The van der Waals surface area contributed by atoms with Gasteiger partial charge in [-0.25, -0.2) is 0 Å². The van der Waals surface area contributed by atoms with Crippen molar-refractivity contribution in [2.75, 3.05) is 20.1 Å². The molecular weight excluding hydrogens is 202 g/mol. The molecule has 0 atom stereocenters. The Morgan fingerprint density at radius 2 is 1.87 bits per heavy atom. The van der Waals surface area contributed by atoms with E-state index in [1.807, 2.05) is 0 Å². The Hall–Kier alpha value is -0.283. The summed E-state index contributed by atoms with van der Waals surface area (Å²) in [4.78, 5) is 2.33. The van der Waals surface area contributed by atoms with Gasteiger partial charge in [0, 0.05) is 19.5 Å². The number of hydrogen-bond acceptors (Lipinski definition) is 2. The number of hydrogen-bond donors (Lipinski definition) is 0. The normalized spacial score (nSPS) is 18.8. The Morgan fingerprint density at radius 1 is 1.27 bits per heavy atom. The van der Waals surface area contributed by atoms with Crippen molar-refractivity contribution in [1.82, 2.24) is 4.90 Å². The van der Waals surface area contributed by atoms with Gasteiger partial charge in [0.15, 0.2) is 0 Å². The molecule has 0 aromatic carbocycles. The maximum atomic E-state index is 6.35. The molecule has 1 rings (SSSR count). The Bertz CT molecular complexity index is 215. The SMILES string of the molecule is CC[Si](CC)(CC)OC1=CCN(C)CC1. The van der Waals surface area contributed by atoms with Gasteiger partial charge in [-0.05, 0) is 31.3 Å². The third kappa shape index (κ3) is 3.35. The first-order valence-electron chi connectivity index (χ1n) is 6.22. The van der Waals surface area contributed by atoms with E-state index in [0.717, 1.165) is 19.5 Å². The lowest BCUT2D eigenvalue weighted by Crippen LogP contribution is -2.37. The highest BCUT2D eigenvalue weighted by Crippen LogP contribution is 2.26. The third-order valence-electron chi connectivity index (χ3n) is 3.65. The van der Waals surface area contributed by atoms with Gasteiger partial charge in [0.1, 0.15) is 0 Å². The second-order valence-corrected chi connectivity index (χ2v) is 9.22. The summed E-state index contributed by atoms with van der Waals surface area (Å²) in [5.41, 5.74) is 0. The molecule has 1 heterocycles. The molecule has 0 aromatic heterocycles. The first-order valence-corrected chi connectivity index (χ1v) is 8.75. The van der Waals surface area contributed by atoms with Crippen molar-refractivity contribution in [3.05, 3.63) is 11.8 Å². The molecule has 0 aromatic rings. The van der Waals surface area contributed by atoms with E-state index in [1.165, 1.54) is 23.9 Å². The van der Waals surface area contributed by atoms with E-state index < -0.39 is 8.32 Å². The zero-order valence-electron chi connectivity index (χ0n) is 10.7. The zero-order valence-corrected chi connectivity index (χ0v) is 11.7. The largest absolute Gasteiger partial charge is 0.547 e. The van der Waals surface area contributed by atoms with Crippen LogP contribution >= 0.6 is 0 Å². The predicted octanol–water partition coefficient (Wildman–Crippen LogP) is 3.23. The minimum absolute atomic E-state index is 1.05. The van der Waals surface area contributed by atoms with Gasteiger partial charge in [-0.1, -0.05) is 20.8 Å². The van der Waals surface area contributed by atoms with Gasteiger partial charge in [0.2, 0.25) is 8.32 Å². The van der Waals surface area contributed by atoms with E-state index in [-0.39, 0.29) is 0 Å². The third-order valence-corrected chi connectivity index (χ3v) is 8.21. The average molecular weight is 227 g/mol. The van der Waals surface area contributed by atoms with Gasteiger partial charge in [-0.2, -0.15) is 0 Å². The summed E-state index contributed by atoms with van der Waals surface area (Å²) in [5.74, 6) is 1.27. The monoisotopic (exact) mass is 227 g/mol. The fraction of sp³-hybridized carbons (Fsp3) is 0.833. The van der Waals surface area contributed by atoms with E-state index in [2.05, 4.69) is 38.8 Å². The van der Waals surface area contributed by atoms with Crippen LogP contribution in [0.25, 0.3) is 0 Å². The maximum absolute atomic E-state index is 6.35. The molecule has 0 amide bonds. The number of likely N-dealkylation sites (N-methyl/N-ethyl adjacent to an activating group) is 1. The van der Waals surface area contributed by atoms with E-state index >= 15 is 0 Å². The van der Waals surface area contributed by atoms with Crippen LogP contribution in [0.2, 0.25) is 18.1 Å². The zero-order chi connectivity index (χ0) is 11.3. The van der Waals surface area contributed by atoms with E-state index in [9.17, 15) is 0 Å². The second-order valence-electron chi connectivity index (χ2n) is 4.53. The minimum Gasteiger partial charge on any atom is -0.547 e. The van der Waals surface area contributed by atoms with Gasteiger partial charge in [0.05, 0.1) is 5.76 Å². The maximum Gasteiger partial charge on any atom is 0.250 e. The summed E-state index contributed by atoms with van der Waals surface area (Å²) in [7, 11) is 0.750. The van der Waals surface area contributed by atoms with Crippen molar-refractivity contribution in [2.24, 2.45) is 0 Å². The van der Waals surface area contributed by atoms with Crippen LogP contribution in [0.4, 0.5) is 0 Å². The highest BCUT2D eigenvalue weighted by atomic mass is 28.4. The van der Waals surface area contributed by atoms with Crippen LogP contribution in [-0.2, 0) is 4.43 Å². The Labute approximate surface area is 95.4 Å². The molecule has 15 heavy (non-hydrogen) atoms. The molecule has 0 aliphatic carbocycles. The van der Waals surface area contributed by atoms with Crippen molar-refractivity contribution in [3.8, 4) is 0 Å². The molecule has 0 saturated heterocycles. The van der Waals surface area contributed by atoms with E-state index in [0.29, 0.717) is 0 Å². The molecule has 1 aliphatic rings. The molecule has 1 aliphatic heterocycles. The lowest BCUT2D eigenvalue weighted by atomic mass is 10.2. The smallest absolute Gasteiger partial charge is 0.250 e. The molecule has 0 unspecified atom stereocenters. The van der Waals surface area contributed by atoms with Crippen molar-refractivity contribution in [3.63, 3.8) is 0 Å². The lowest BCUT2D eigenvalue weighted by molar-refractivity contribution is 0.295. The van der Waals surface area contributed by atoms with Crippen molar-refractivity contribution >= 4 is 8.32 Å². The van der Waals surface area contributed by atoms with Crippen LogP contribution < -0.4 is 0 Å². The standard InChI is InChI=1S/C12H25NOSi/c1-5-15(6-2,7-3)14-12-8-10-13(4)11-9-12/h8H,5-7,9-11H2,1-4H3. The summed E-state index contributed by atoms with van der Waals surface area (Å²) >= 11 is 0. The first-order chi connectivity index (χ1) is 7.15. The fourth-order valence-corrected chi connectivity index (χ4v) is 4.76. The van der Waals surface area contributed by atoms with Gasteiger partial charge >= 0.3 is 0 Å². The summed E-state index contributed by atoms with van der Waals surface area (Å²) in [5, 5.41) is 0. The minimum atomic E-state index is -1.41. The molecule has 0 spiro atoms. The fourth-order valence-electron chi connectivity index (χ4n) is 2.09. The molecular formula is C12H25NOSi. The van der Waals surface area contributed by atoms with Crippen LogP contribution in [0.15, 0.2) is 11.8 Å². The quantitative estimate of drug-likeness (QED) is 0.669. The van der Waals surface area contributed by atoms with Crippen LogP contribution in [-0.4, -0.2) is 33.4 Å². The highest BCUT2D eigenvalue weighted by Gasteiger charge is 2.31. The summed E-state index contributed by atoms with van der Waals surface area (Å²) in [6.07, 6.45) is 3.37. The van der Waals surface area contributed by atoms with Crippen LogP contribution in [0.3, 0.4) is 0 Å². The summed E-state index contributed by atoms with van der Waals surface area (Å²) < 4.78 is 6.35. The molecule has 0 fully saturated rings. The molecule has 2 nitrogen and oxygen atoms in total. The Balaban J connectivity index is 2.59. The molecule has 0 radical (unpaired) electrons. The van der Waals surface area contributed by atoms with Crippen LogP contribution in [0, 0.1) is 0 Å². The summed E-state index contributed by atoms with van der Waals surface area (Å²) in [6.45, 7) is 9.06. The molecule has 0 bridgehead atoms. The molecule has 0 saturated carbocycles. The van der Waals surface area contributed by atoms with Crippen molar-refractivity contribution < 1.29 is 4.43 Å². The summed E-state index contributed by atoms with van der Waals surface area (Å²) in [6, 6.07) is 3.73. The molecule has 88 valence electrons. The van der Waals surface area contributed by atoms with E-state index in [1.54, 1.807) is 0 Å². The highest BCUT2D eigenvalue weighted by molar-refractivity contribution is 6.73. The first kappa shape index (κ1) is 12.8. The van der Waals surface area contributed by atoms with Gasteiger partial charge in [0.25, 0.3) is 0 Å². The topological polar surface area (TPSA) is 12.5 Å². The average Bonchev–Trinajstić information content (AvgIpc) is 2.29. The van der Waals surface area contributed by atoms with Gasteiger partial charge < -0.3 is 9.33 Å². The number of nitrogens with zero attached hydrogens (tertiary/aromatic N) is 1. The van der Waals surface area contributed by atoms with Crippen molar-refractivity contribution in [1.29, 1.82) is 0 Å². The number of rotatable bonds is 5. The van der Waals surface area contributed by atoms with E-state index in [4.69, 9.17) is 4.43 Å². The second kappa shape index (κ2) is 5.71. The lowest BCUT2D eigenvalue weighted by Gasteiger charge is -2.33. The molecule has 3 heteroatoms. The van der Waals surface area contributed by atoms with Gasteiger partial charge in [-0.3, -0.25) is 0 Å². The Morgan fingerprint density at radius 3 is 2.27 bits per heavy atom. The van der Waals surface area contributed by atoms with Crippen LogP contribution in [0.5, 0.6) is 0 Å². The van der Waals surface area contributed by atoms with Gasteiger partial charge in [-0.15, -0.1) is 0 Å². The van der Waals surface area contributed by atoms with Crippen LogP contribution in [0.1, 0.15) is 27.2 Å². The van der Waals surface area contributed by atoms with Crippen molar-refractivity contribution in [2.45, 2.75) is 45.3 Å². The Kier molecular flexibility index (Phi) is 4.86.